The van der Waals surface area contributed by atoms with Crippen LogP contribution in [0, 0.1) is 17.8 Å². The third-order valence-electron chi connectivity index (χ3n) is 5.79. The zero-order valence-electron chi connectivity index (χ0n) is 10.7. The fraction of sp³-hybridized carbons (Fsp3) is 0.688. The molecule has 3 saturated carbocycles. The summed E-state index contributed by atoms with van der Waals surface area (Å²) in [4.78, 5) is 14.4. The second-order valence-electron chi connectivity index (χ2n) is 6.37. The zero-order chi connectivity index (χ0) is 12.2. The lowest BCUT2D eigenvalue weighted by Crippen LogP contribution is -2.34. The molecule has 0 unspecified atom stereocenters. The van der Waals surface area contributed by atoms with Gasteiger partial charge in [0.2, 0.25) is 0 Å². The minimum atomic E-state index is -0.0478. The number of carbonyl (C=O) groups excluding carboxylic acids is 1. The van der Waals surface area contributed by atoms with E-state index < -0.39 is 0 Å². The molecule has 0 N–H and O–H groups in total. The standard InChI is InChI=1S/C16H20OS/c17-15-12-6-2-1-5-11(12)13-7-3-9-16(13,15)14-8-4-10-18-14/h4,8,10-13H,1-3,5-7,9H2/t11-,12-,13+,16+/m1/s1. The van der Waals surface area contributed by atoms with Crippen LogP contribution in [0.2, 0.25) is 0 Å². The van der Waals surface area contributed by atoms with Crippen molar-refractivity contribution in [1.82, 2.24) is 0 Å². The van der Waals surface area contributed by atoms with Gasteiger partial charge in [0, 0.05) is 10.8 Å². The first-order valence-corrected chi connectivity index (χ1v) is 8.30. The van der Waals surface area contributed by atoms with Crippen LogP contribution in [0.4, 0.5) is 0 Å². The zero-order valence-corrected chi connectivity index (χ0v) is 11.5. The van der Waals surface area contributed by atoms with Gasteiger partial charge in [-0.3, -0.25) is 4.79 Å². The smallest absolute Gasteiger partial charge is 0.147 e. The summed E-state index contributed by atoms with van der Waals surface area (Å²) < 4.78 is 0. The Morgan fingerprint density at radius 2 is 2.06 bits per heavy atom. The number of rotatable bonds is 1. The van der Waals surface area contributed by atoms with E-state index in [1.807, 2.05) is 11.3 Å². The number of thiophene rings is 1. The molecule has 1 heterocycles. The molecule has 96 valence electrons. The second kappa shape index (κ2) is 3.93. The van der Waals surface area contributed by atoms with Gasteiger partial charge in [-0.15, -0.1) is 11.3 Å². The molecule has 1 aromatic rings. The summed E-state index contributed by atoms with van der Waals surface area (Å²) in [7, 11) is 0. The molecule has 3 aliphatic carbocycles. The lowest BCUT2D eigenvalue weighted by atomic mass is 9.75. The van der Waals surface area contributed by atoms with Crippen molar-refractivity contribution < 1.29 is 4.79 Å². The van der Waals surface area contributed by atoms with E-state index in [1.165, 1.54) is 43.4 Å². The Balaban J connectivity index is 1.83. The van der Waals surface area contributed by atoms with Crippen LogP contribution in [0.3, 0.4) is 0 Å². The van der Waals surface area contributed by atoms with Gasteiger partial charge in [-0.2, -0.15) is 0 Å². The number of hydrogen-bond acceptors (Lipinski definition) is 2. The Kier molecular flexibility index (Phi) is 2.45. The molecular weight excluding hydrogens is 240 g/mol. The number of ketones is 1. The predicted octanol–water partition coefficient (Wildman–Crippen LogP) is 4.18. The first kappa shape index (κ1) is 11.2. The topological polar surface area (TPSA) is 17.1 Å². The Morgan fingerprint density at radius 3 is 2.89 bits per heavy atom. The average Bonchev–Trinajstić information content (AvgIpc) is 3.09. The fourth-order valence-electron chi connectivity index (χ4n) is 5.18. The molecule has 0 spiro atoms. The van der Waals surface area contributed by atoms with Gasteiger partial charge in [0.1, 0.15) is 5.78 Å². The minimum absolute atomic E-state index is 0.0478. The molecule has 0 saturated heterocycles. The molecule has 0 aliphatic heterocycles. The molecule has 3 fully saturated rings. The SMILES string of the molecule is O=C1[C@@H]2CCCC[C@H]2[C@@H]2CCC[C@]12c1cccs1. The summed E-state index contributed by atoms with van der Waals surface area (Å²) in [5.41, 5.74) is -0.0478. The summed E-state index contributed by atoms with van der Waals surface area (Å²) >= 11 is 1.82. The third kappa shape index (κ3) is 1.25. The van der Waals surface area contributed by atoms with E-state index in [4.69, 9.17) is 0 Å². The van der Waals surface area contributed by atoms with Gasteiger partial charge in [0.15, 0.2) is 0 Å². The maximum atomic E-state index is 13.0. The summed E-state index contributed by atoms with van der Waals surface area (Å²) in [5.74, 6) is 2.42. The summed E-state index contributed by atoms with van der Waals surface area (Å²) in [6.07, 6.45) is 8.80. The first-order valence-electron chi connectivity index (χ1n) is 7.42. The third-order valence-corrected chi connectivity index (χ3v) is 6.84. The van der Waals surface area contributed by atoms with Gasteiger partial charge < -0.3 is 0 Å². The first-order chi connectivity index (χ1) is 8.84. The Hall–Kier alpha value is -0.630. The van der Waals surface area contributed by atoms with Gasteiger partial charge in [-0.05, 0) is 49.0 Å². The summed E-state index contributed by atoms with van der Waals surface area (Å²) in [6, 6.07) is 4.34. The number of Topliss-reactive ketones (excluding diaryl/α,β-unsaturated/α-hetero) is 1. The molecule has 0 amide bonds. The van der Waals surface area contributed by atoms with Crippen LogP contribution in [0.25, 0.3) is 0 Å². The largest absolute Gasteiger partial charge is 0.298 e. The highest BCUT2D eigenvalue weighted by atomic mass is 32.1. The summed E-state index contributed by atoms with van der Waals surface area (Å²) in [5, 5.41) is 2.15. The highest BCUT2D eigenvalue weighted by Gasteiger charge is 2.62. The molecule has 0 bridgehead atoms. The Labute approximate surface area is 113 Å². The number of carbonyl (C=O) groups is 1. The predicted molar refractivity (Wildman–Crippen MR) is 73.8 cm³/mol. The van der Waals surface area contributed by atoms with Gasteiger partial charge in [-0.1, -0.05) is 25.3 Å². The van der Waals surface area contributed by atoms with Crippen LogP contribution in [0.1, 0.15) is 49.8 Å². The molecule has 0 radical (unpaired) electrons. The van der Waals surface area contributed by atoms with Crippen LogP contribution in [0.15, 0.2) is 17.5 Å². The van der Waals surface area contributed by atoms with E-state index in [2.05, 4.69) is 17.5 Å². The van der Waals surface area contributed by atoms with Crippen LogP contribution in [0.5, 0.6) is 0 Å². The van der Waals surface area contributed by atoms with E-state index in [0.717, 1.165) is 12.3 Å². The molecule has 4 rings (SSSR count). The fourth-order valence-corrected chi connectivity index (χ4v) is 6.20. The molecule has 4 atom stereocenters. The molecule has 3 aliphatic rings. The van der Waals surface area contributed by atoms with Gasteiger partial charge in [-0.25, -0.2) is 0 Å². The maximum Gasteiger partial charge on any atom is 0.147 e. The molecule has 18 heavy (non-hydrogen) atoms. The highest BCUT2D eigenvalue weighted by molar-refractivity contribution is 7.10. The molecular formula is C16H20OS. The Morgan fingerprint density at radius 1 is 1.17 bits per heavy atom. The van der Waals surface area contributed by atoms with E-state index in [-0.39, 0.29) is 5.41 Å². The van der Waals surface area contributed by atoms with Crippen molar-refractivity contribution in [1.29, 1.82) is 0 Å². The monoisotopic (exact) mass is 260 g/mol. The number of hydrogen-bond donors (Lipinski definition) is 0. The van der Waals surface area contributed by atoms with E-state index in [0.29, 0.717) is 17.6 Å². The van der Waals surface area contributed by atoms with Gasteiger partial charge in [0.05, 0.1) is 5.41 Å². The molecule has 1 aromatic heterocycles. The van der Waals surface area contributed by atoms with Crippen LogP contribution in [-0.4, -0.2) is 5.78 Å². The van der Waals surface area contributed by atoms with Crippen molar-refractivity contribution >= 4 is 17.1 Å². The quantitative estimate of drug-likeness (QED) is 0.740. The maximum absolute atomic E-state index is 13.0. The van der Waals surface area contributed by atoms with Gasteiger partial charge in [0.25, 0.3) is 0 Å². The van der Waals surface area contributed by atoms with Crippen molar-refractivity contribution in [3.05, 3.63) is 22.4 Å². The van der Waals surface area contributed by atoms with E-state index >= 15 is 0 Å². The van der Waals surface area contributed by atoms with Crippen molar-refractivity contribution in [2.45, 2.75) is 50.4 Å². The molecule has 2 heteroatoms. The summed E-state index contributed by atoms with van der Waals surface area (Å²) in [6.45, 7) is 0. The Bertz CT molecular complexity index is 463. The van der Waals surface area contributed by atoms with Crippen molar-refractivity contribution in [2.24, 2.45) is 17.8 Å². The minimum Gasteiger partial charge on any atom is -0.298 e. The number of fused-ring (bicyclic) bond motifs is 3. The molecule has 1 nitrogen and oxygen atoms in total. The van der Waals surface area contributed by atoms with Crippen molar-refractivity contribution in [3.63, 3.8) is 0 Å². The van der Waals surface area contributed by atoms with E-state index in [9.17, 15) is 4.79 Å². The lowest BCUT2D eigenvalue weighted by Gasteiger charge is -2.29. The van der Waals surface area contributed by atoms with Crippen molar-refractivity contribution in [2.75, 3.05) is 0 Å². The van der Waals surface area contributed by atoms with Crippen LogP contribution in [-0.2, 0) is 10.2 Å². The lowest BCUT2D eigenvalue weighted by molar-refractivity contribution is -0.126. The molecule has 0 aromatic carbocycles. The second-order valence-corrected chi connectivity index (χ2v) is 7.31. The van der Waals surface area contributed by atoms with Crippen LogP contribution >= 0.6 is 11.3 Å². The normalized spacial score (nSPS) is 42.9. The van der Waals surface area contributed by atoms with Crippen molar-refractivity contribution in [3.8, 4) is 0 Å². The highest BCUT2D eigenvalue weighted by Crippen LogP contribution is 2.61. The van der Waals surface area contributed by atoms with Crippen LogP contribution < -0.4 is 0 Å². The van der Waals surface area contributed by atoms with E-state index in [1.54, 1.807) is 0 Å². The van der Waals surface area contributed by atoms with Gasteiger partial charge >= 0.3 is 0 Å². The average molecular weight is 260 g/mol.